The second kappa shape index (κ2) is 13.3. The molecule has 0 fully saturated rings. The number of carbonyl (C=O) groups is 2. The van der Waals surface area contributed by atoms with Crippen LogP contribution in [0.3, 0.4) is 0 Å². The zero-order valence-corrected chi connectivity index (χ0v) is 13.3. The molecule has 124 valence electrons. The van der Waals surface area contributed by atoms with Gasteiger partial charge < -0.3 is 20.4 Å². The van der Waals surface area contributed by atoms with Gasteiger partial charge in [0.2, 0.25) is 0 Å². The molecule has 0 aromatic rings. The summed E-state index contributed by atoms with van der Waals surface area (Å²) in [7, 11) is 0. The maximum absolute atomic E-state index is 9.60. The first-order chi connectivity index (χ1) is 9.35. The van der Waals surface area contributed by atoms with Crippen LogP contribution in [0.25, 0.3) is 0 Å². The Bertz CT molecular complexity index is 291. The van der Waals surface area contributed by atoms with Crippen LogP contribution in [0.2, 0.25) is 0 Å². The summed E-state index contributed by atoms with van der Waals surface area (Å²) in [6.45, 7) is 12.7. The molecule has 0 unspecified atom stereocenters. The maximum atomic E-state index is 9.60. The zero-order chi connectivity index (χ0) is 17.6. The number of aliphatic carboxylic acids is 2. The average Bonchev–Trinajstić information content (AvgIpc) is 2.29. The van der Waals surface area contributed by atoms with Crippen LogP contribution < -0.4 is 0 Å². The molecule has 6 nitrogen and oxygen atoms in total. The van der Waals surface area contributed by atoms with Crippen molar-refractivity contribution in [3.63, 3.8) is 0 Å². The lowest BCUT2D eigenvalue weighted by atomic mass is 10.1. The summed E-state index contributed by atoms with van der Waals surface area (Å²) >= 11 is 0. The standard InChI is InChI=1S/C7H16O2.2C4H6O2/c1-3-4-5-6-7(2,8)9;2*1-3(2)4(5)6/h8-9H,3-6H2,1-2H3;2*1H2,2H3,(H,5,6). The van der Waals surface area contributed by atoms with Crippen molar-refractivity contribution in [3.05, 3.63) is 24.3 Å². The smallest absolute Gasteiger partial charge is 0.330 e. The lowest BCUT2D eigenvalue weighted by Gasteiger charge is -2.14. The predicted octanol–water partition coefficient (Wildman–Crippen LogP) is 2.56. The highest BCUT2D eigenvalue weighted by Crippen LogP contribution is 2.09. The minimum absolute atomic E-state index is 0.176. The van der Waals surface area contributed by atoms with Crippen LogP contribution >= 0.6 is 0 Å². The largest absolute Gasteiger partial charge is 0.478 e. The van der Waals surface area contributed by atoms with E-state index in [0.29, 0.717) is 6.42 Å². The monoisotopic (exact) mass is 304 g/mol. The van der Waals surface area contributed by atoms with E-state index in [-0.39, 0.29) is 11.1 Å². The Morgan fingerprint density at radius 3 is 1.38 bits per heavy atom. The number of hydrogen-bond donors (Lipinski definition) is 4. The van der Waals surface area contributed by atoms with Crippen molar-refractivity contribution in [2.24, 2.45) is 0 Å². The summed E-state index contributed by atoms with van der Waals surface area (Å²) in [4.78, 5) is 19.2. The fourth-order valence-electron chi connectivity index (χ4n) is 0.710. The highest BCUT2D eigenvalue weighted by Gasteiger charge is 2.12. The summed E-state index contributed by atoms with van der Waals surface area (Å²) in [5.74, 6) is -3.32. The summed E-state index contributed by atoms with van der Waals surface area (Å²) in [5.41, 5.74) is 0.352. The van der Waals surface area contributed by atoms with E-state index in [0.717, 1.165) is 19.3 Å². The highest BCUT2D eigenvalue weighted by atomic mass is 16.5. The van der Waals surface area contributed by atoms with Crippen LogP contribution in [0, 0.1) is 0 Å². The first-order valence-electron chi connectivity index (χ1n) is 6.57. The third kappa shape index (κ3) is 32.2. The van der Waals surface area contributed by atoms with Crippen LogP contribution in [0.1, 0.15) is 53.4 Å². The van der Waals surface area contributed by atoms with Crippen LogP contribution in [0.15, 0.2) is 24.3 Å². The fourth-order valence-corrected chi connectivity index (χ4v) is 0.710. The summed E-state index contributed by atoms with van der Waals surface area (Å²) in [6, 6.07) is 0. The van der Waals surface area contributed by atoms with Crippen molar-refractivity contribution in [1.29, 1.82) is 0 Å². The zero-order valence-electron chi connectivity index (χ0n) is 13.3. The molecule has 0 aromatic carbocycles. The van der Waals surface area contributed by atoms with Crippen LogP contribution in [0.5, 0.6) is 0 Å². The molecule has 0 radical (unpaired) electrons. The normalized spacial score (nSPS) is 9.43. The van der Waals surface area contributed by atoms with Gasteiger partial charge in [-0.15, -0.1) is 0 Å². The Balaban J connectivity index is -0.000000240. The van der Waals surface area contributed by atoms with Crippen molar-refractivity contribution in [2.75, 3.05) is 0 Å². The van der Waals surface area contributed by atoms with E-state index in [1.807, 2.05) is 0 Å². The van der Waals surface area contributed by atoms with Gasteiger partial charge in [0.25, 0.3) is 0 Å². The third-order valence-corrected chi connectivity index (χ3v) is 1.98. The van der Waals surface area contributed by atoms with Crippen molar-refractivity contribution < 1.29 is 30.0 Å². The molecular weight excluding hydrogens is 276 g/mol. The number of hydrogen-bond acceptors (Lipinski definition) is 4. The van der Waals surface area contributed by atoms with Gasteiger partial charge in [-0.3, -0.25) is 0 Å². The number of carboxylic acids is 2. The molecule has 0 aliphatic heterocycles. The molecule has 4 N–H and O–H groups in total. The molecule has 0 aliphatic carbocycles. The quantitative estimate of drug-likeness (QED) is 0.340. The van der Waals surface area contributed by atoms with E-state index in [9.17, 15) is 9.59 Å². The Morgan fingerprint density at radius 1 is 0.952 bits per heavy atom. The molecule has 0 spiro atoms. The van der Waals surface area contributed by atoms with Crippen LogP contribution in [0.4, 0.5) is 0 Å². The van der Waals surface area contributed by atoms with Gasteiger partial charge in [0.15, 0.2) is 5.79 Å². The van der Waals surface area contributed by atoms with Crippen molar-refractivity contribution in [3.8, 4) is 0 Å². The van der Waals surface area contributed by atoms with Gasteiger partial charge in [-0.2, -0.15) is 0 Å². The van der Waals surface area contributed by atoms with Crippen LogP contribution in [-0.4, -0.2) is 38.2 Å². The van der Waals surface area contributed by atoms with Crippen molar-refractivity contribution in [1.82, 2.24) is 0 Å². The van der Waals surface area contributed by atoms with Crippen LogP contribution in [-0.2, 0) is 9.59 Å². The van der Waals surface area contributed by atoms with Gasteiger partial charge in [0.05, 0.1) is 0 Å². The first-order valence-corrected chi connectivity index (χ1v) is 6.57. The van der Waals surface area contributed by atoms with E-state index >= 15 is 0 Å². The van der Waals surface area contributed by atoms with Gasteiger partial charge in [-0.25, -0.2) is 9.59 Å². The molecule has 0 bridgehead atoms. The molecular formula is C15H28O6. The maximum Gasteiger partial charge on any atom is 0.330 e. The Morgan fingerprint density at radius 2 is 1.24 bits per heavy atom. The topological polar surface area (TPSA) is 115 Å². The molecule has 0 aromatic heterocycles. The minimum Gasteiger partial charge on any atom is -0.478 e. The fraction of sp³-hybridized carbons (Fsp3) is 0.600. The van der Waals surface area contributed by atoms with E-state index < -0.39 is 17.7 Å². The molecule has 0 aliphatic rings. The lowest BCUT2D eigenvalue weighted by Crippen LogP contribution is -2.22. The van der Waals surface area contributed by atoms with E-state index in [1.165, 1.54) is 20.8 Å². The summed E-state index contributed by atoms with van der Waals surface area (Å²) in [5, 5.41) is 33.4. The average molecular weight is 304 g/mol. The van der Waals surface area contributed by atoms with E-state index in [4.69, 9.17) is 20.4 Å². The lowest BCUT2D eigenvalue weighted by molar-refractivity contribution is -0.150. The van der Waals surface area contributed by atoms with Gasteiger partial charge >= 0.3 is 11.9 Å². The highest BCUT2D eigenvalue weighted by molar-refractivity contribution is 5.85. The predicted molar refractivity (Wildman–Crippen MR) is 81.9 cm³/mol. The molecule has 0 saturated heterocycles. The molecule has 0 saturated carbocycles. The number of aliphatic hydroxyl groups is 2. The summed E-state index contributed by atoms with van der Waals surface area (Å²) < 4.78 is 0. The Kier molecular flexibility index (Phi) is 15.5. The second-order valence-electron chi connectivity index (χ2n) is 4.85. The van der Waals surface area contributed by atoms with Gasteiger partial charge in [0.1, 0.15) is 0 Å². The molecule has 0 heterocycles. The molecule has 0 rings (SSSR count). The number of carboxylic acid groups (broad SMARTS) is 2. The van der Waals surface area contributed by atoms with Gasteiger partial charge in [-0.1, -0.05) is 32.9 Å². The Hall–Kier alpha value is -1.66. The molecule has 0 atom stereocenters. The van der Waals surface area contributed by atoms with Crippen molar-refractivity contribution >= 4 is 11.9 Å². The van der Waals surface area contributed by atoms with Gasteiger partial charge in [-0.05, 0) is 27.2 Å². The Labute approximate surface area is 126 Å². The van der Waals surface area contributed by atoms with E-state index in [2.05, 4.69) is 20.1 Å². The first kappa shape index (κ1) is 24.4. The molecule has 21 heavy (non-hydrogen) atoms. The van der Waals surface area contributed by atoms with Crippen molar-refractivity contribution in [2.45, 2.75) is 59.2 Å². The summed E-state index contributed by atoms with van der Waals surface area (Å²) in [6.07, 6.45) is 3.59. The second-order valence-corrected chi connectivity index (χ2v) is 4.85. The third-order valence-electron chi connectivity index (χ3n) is 1.98. The molecule has 0 amide bonds. The van der Waals surface area contributed by atoms with Gasteiger partial charge in [0, 0.05) is 17.6 Å². The molecule has 6 heteroatoms. The minimum atomic E-state index is -1.45. The SMILES string of the molecule is C=C(C)C(=O)O.C=C(C)C(=O)O.CCCCCC(C)(O)O. The van der Waals surface area contributed by atoms with E-state index in [1.54, 1.807) is 0 Å². The number of rotatable bonds is 6. The number of unbranched alkanes of at least 4 members (excludes halogenated alkanes) is 2.